The van der Waals surface area contributed by atoms with Gasteiger partial charge in [0.25, 0.3) is 0 Å². The van der Waals surface area contributed by atoms with Crippen molar-refractivity contribution in [3.63, 3.8) is 0 Å². The molecular weight excluding hydrogens is 332 g/mol. The third kappa shape index (κ3) is 3.33. The number of carboxylic acid groups (broad SMARTS) is 1. The third-order valence-electron chi connectivity index (χ3n) is 3.89. The molecule has 1 fully saturated rings. The lowest BCUT2D eigenvalue weighted by Crippen LogP contribution is -2.25. The molecule has 1 aliphatic rings. The van der Waals surface area contributed by atoms with Gasteiger partial charge in [-0.15, -0.1) is 0 Å². The summed E-state index contributed by atoms with van der Waals surface area (Å²) in [5.74, 6) is -0.667. The smallest absolute Gasteiger partial charge is 0.335 e. The second kappa shape index (κ2) is 6.88. The maximum absolute atomic E-state index is 11.3. The van der Waals surface area contributed by atoms with Crippen LogP contribution in [0.15, 0.2) is 36.5 Å². The lowest BCUT2D eigenvalue weighted by atomic mass is 10.1. The molecule has 0 saturated carbocycles. The molecule has 0 amide bonds. The Morgan fingerprint density at radius 2 is 2.25 bits per heavy atom. The zero-order valence-electron chi connectivity index (χ0n) is 12.7. The van der Waals surface area contributed by atoms with Gasteiger partial charge in [0, 0.05) is 30.4 Å². The van der Waals surface area contributed by atoms with Crippen molar-refractivity contribution in [2.45, 2.75) is 12.5 Å². The van der Waals surface area contributed by atoms with Gasteiger partial charge in [0.1, 0.15) is 11.1 Å². The molecule has 24 heavy (non-hydrogen) atoms. The number of carbonyl (C=O) groups is 2. The number of anilines is 1. The molecule has 2 heterocycles. The van der Waals surface area contributed by atoms with Crippen LogP contribution in [0.3, 0.4) is 0 Å². The normalized spacial score (nSPS) is 16.9. The van der Waals surface area contributed by atoms with E-state index < -0.39 is 5.97 Å². The van der Waals surface area contributed by atoms with Crippen molar-refractivity contribution in [3.8, 4) is 5.88 Å². The molecule has 1 aromatic carbocycles. The molecule has 1 unspecified atom stereocenters. The SMILES string of the molecule is O=Cc1cc(C(=O)O)ccc1N1CCC(Oc2ncccc2Cl)C1. The van der Waals surface area contributed by atoms with Gasteiger partial charge in [-0.1, -0.05) is 11.6 Å². The van der Waals surface area contributed by atoms with Gasteiger partial charge in [-0.25, -0.2) is 9.78 Å². The number of halogens is 1. The topological polar surface area (TPSA) is 79.7 Å². The fourth-order valence-corrected chi connectivity index (χ4v) is 2.89. The van der Waals surface area contributed by atoms with Gasteiger partial charge in [0.2, 0.25) is 5.88 Å². The Morgan fingerprint density at radius 1 is 1.42 bits per heavy atom. The molecular formula is C17H15ClN2O4. The number of carbonyl (C=O) groups excluding carboxylic acids is 1. The Labute approximate surface area is 143 Å². The maximum Gasteiger partial charge on any atom is 0.335 e. The first-order valence-electron chi connectivity index (χ1n) is 7.43. The van der Waals surface area contributed by atoms with Crippen LogP contribution in [-0.2, 0) is 0 Å². The Morgan fingerprint density at radius 3 is 2.96 bits per heavy atom. The van der Waals surface area contributed by atoms with Crippen LogP contribution < -0.4 is 9.64 Å². The zero-order valence-corrected chi connectivity index (χ0v) is 13.4. The number of hydrogen-bond donors (Lipinski definition) is 1. The molecule has 0 aliphatic carbocycles. The van der Waals surface area contributed by atoms with Crippen molar-refractivity contribution in [3.05, 3.63) is 52.7 Å². The van der Waals surface area contributed by atoms with E-state index in [-0.39, 0.29) is 11.7 Å². The second-order valence-corrected chi connectivity index (χ2v) is 5.87. The van der Waals surface area contributed by atoms with Gasteiger partial charge < -0.3 is 14.7 Å². The highest BCUT2D eigenvalue weighted by Crippen LogP contribution is 2.28. The summed E-state index contributed by atoms with van der Waals surface area (Å²) in [7, 11) is 0. The average Bonchev–Trinajstić information content (AvgIpc) is 3.04. The van der Waals surface area contributed by atoms with Crippen molar-refractivity contribution in [2.24, 2.45) is 0 Å². The minimum absolute atomic E-state index is 0.0908. The summed E-state index contributed by atoms with van der Waals surface area (Å²) in [5, 5.41) is 9.48. The van der Waals surface area contributed by atoms with Crippen molar-refractivity contribution < 1.29 is 19.4 Å². The minimum Gasteiger partial charge on any atom is -0.478 e. The number of aromatic carboxylic acids is 1. The minimum atomic E-state index is -1.06. The fourth-order valence-electron chi connectivity index (χ4n) is 2.73. The van der Waals surface area contributed by atoms with Crippen molar-refractivity contribution >= 4 is 29.5 Å². The number of pyridine rings is 1. The molecule has 0 radical (unpaired) electrons. The van der Waals surface area contributed by atoms with E-state index in [2.05, 4.69) is 4.98 Å². The van der Waals surface area contributed by atoms with E-state index in [9.17, 15) is 9.59 Å². The molecule has 0 bridgehead atoms. The van der Waals surface area contributed by atoms with Gasteiger partial charge in [-0.2, -0.15) is 0 Å². The van der Waals surface area contributed by atoms with Gasteiger partial charge >= 0.3 is 5.97 Å². The molecule has 0 spiro atoms. The van der Waals surface area contributed by atoms with Gasteiger partial charge in [0.05, 0.1) is 12.1 Å². The molecule has 1 atom stereocenters. The molecule has 3 rings (SSSR count). The number of aldehydes is 1. The zero-order chi connectivity index (χ0) is 17.1. The largest absolute Gasteiger partial charge is 0.478 e. The number of carboxylic acids is 1. The van der Waals surface area contributed by atoms with Crippen LogP contribution in [-0.4, -0.2) is 41.5 Å². The molecule has 1 aromatic heterocycles. The predicted molar refractivity (Wildman–Crippen MR) is 89.3 cm³/mol. The Balaban J connectivity index is 1.75. The monoisotopic (exact) mass is 346 g/mol. The number of benzene rings is 1. The van der Waals surface area contributed by atoms with Crippen molar-refractivity contribution in [2.75, 3.05) is 18.0 Å². The number of aromatic nitrogens is 1. The Hall–Kier alpha value is -2.60. The highest BCUT2D eigenvalue weighted by Gasteiger charge is 2.27. The fraction of sp³-hybridized carbons (Fsp3) is 0.235. The van der Waals surface area contributed by atoms with E-state index in [4.69, 9.17) is 21.4 Å². The van der Waals surface area contributed by atoms with E-state index in [1.54, 1.807) is 24.4 Å². The van der Waals surface area contributed by atoms with Gasteiger partial charge in [0.15, 0.2) is 6.29 Å². The summed E-state index contributed by atoms with van der Waals surface area (Å²) in [4.78, 5) is 28.4. The number of nitrogens with zero attached hydrogens (tertiary/aromatic N) is 2. The average molecular weight is 347 g/mol. The van der Waals surface area contributed by atoms with Crippen LogP contribution in [0.2, 0.25) is 5.02 Å². The lowest BCUT2D eigenvalue weighted by Gasteiger charge is -2.21. The highest BCUT2D eigenvalue weighted by atomic mass is 35.5. The molecule has 2 aromatic rings. The van der Waals surface area contributed by atoms with E-state index in [1.165, 1.54) is 12.1 Å². The van der Waals surface area contributed by atoms with Crippen LogP contribution >= 0.6 is 11.6 Å². The van der Waals surface area contributed by atoms with E-state index in [0.717, 1.165) is 6.42 Å². The van der Waals surface area contributed by atoms with Crippen molar-refractivity contribution in [1.82, 2.24) is 4.98 Å². The van der Waals surface area contributed by atoms with Gasteiger partial charge in [-0.05, 0) is 30.3 Å². The first kappa shape index (κ1) is 16.3. The summed E-state index contributed by atoms with van der Waals surface area (Å²) in [6.45, 7) is 1.27. The summed E-state index contributed by atoms with van der Waals surface area (Å²) in [6, 6.07) is 7.98. The first-order valence-corrected chi connectivity index (χ1v) is 7.81. The van der Waals surface area contributed by atoms with E-state index in [1.807, 2.05) is 4.90 Å². The van der Waals surface area contributed by atoms with Crippen LogP contribution in [0, 0.1) is 0 Å². The lowest BCUT2D eigenvalue weighted by molar-refractivity contribution is 0.0697. The summed E-state index contributed by atoms with van der Waals surface area (Å²) in [6.07, 6.45) is 2.94. The molecule has 1 N–H and O–H groups in total. The van der Waals surface area contributed by atoms with Gasteiger partial charge in [-0.3, -0.25) is 4.79 Å². The van der Waals surface area contributed by atoms with Crippen LogP contribution in [0.4, 0.5) is 5.69 Å². The quantitative estimate of drug-likeness (QED) is 0.838. The van der Waals surface area contributed by atoms with E-state index >= 15 is 0 Å². The Bertz CT molecular complexity index is 781. The van der Waals surface area contributed by atoms with Crippen molar-refractivity contribution in [1.29, 1.82) is 0 Å². The maximum atomic E-state index is 11.3. The molecule has 7 heteroatoms. The predicted octanol–water partition coefficient (Wildman–Crippen LogP) is 2.90. The number of ether oxygens (including phenoxy) is 1. The molecule has 1 aliphatic heterocycles. The summed E-state index contributed by atoms with van der Waals surface area (Å²) < 4.78 is 5.83. The number of hydrogen-bond acceptors (Lipinski definition) is 5. The number of rotatable bonds is 5. The van der Waals surface area contributed by atoms with E-state index in [0.29, 0.717) is 41.5 Å². The summed E-state index contributed by atoms with van der Waals surface area (Å²) >= 11 is 6.05. The Kier molecular flexibility index (Phi) is 4.66. The summed E-state index contributed by atoms with van der Waals surface area (Å²) in [5.41, 5.74) is 1.15. The second-order valence-electron chi connectivity index (χ2n) is 5.46. The first-order chi connectivity index (χ1) is 11.6. The highest BCUT2D eigenvalue weighted by molar-refractivity contribution is 6.31. The van der Waals surface area contributed by atoms with Crippen LogP contribution in [0.5, 0.6) is 5.88 Å². The third-order valence-corrected chi connectivity index (χ3v) is 4.18. The van der Waals surface area contributed by atoms with Crippen LogP contribution in [0.25, 0.3) is 0 Å². The molecule has 6 nitrogen and oxygen atoms in total. The standard InChI is InChI=1S/C17H15ClN2O4/c18-14-2-1-6-19-16(14)24-13-5-7-20(9-13)15-4-3-11(17(22)23)8-12(15)10-21/h1-4,6,8,10,13H,5,7,9H2,(H,22,23). The molecule has 1 saturated heterocycles. The molecule has 124 valence electrons. The van der Waals surface area contributed by atoms with Crippen LogP contribution in [0.1, 0.15) is 27.1 Å².